The molecule has 1 aromatic rings. The molecule has 0 heterocycles. The fourth-order valence-corrected chi connectivity index (χ4v) is 2.59. The van der Waals surface area contributed by atoms with Crippen LogP contribution in [0.3, 0.4) is 0 Å². The van der Waals surface area contributed by atoms with Crippen molar-refractivity contribution in [2.45, 2.75) is 11.3 Å². The number of benzene rings is 1. The van der Waals surface area contributed by atoms with Crippen molar-refractivity contribution in [1.29, 1.82) is 0 Å². The Morgan fingerprint density at radius 2 is 2.00 bits per heavy atom. The van der Waals surface area contributed by atoms with Crippen LogP contribution >= 0.6 is 23.2 Å². The number of carbonyl (C=O) groups excluding carboxylic acids is 1. The van der Waals surface area contributed by atoms with Crippen LogP contribution in [0.1, 0.15) is 6.42 Å². The van der Waals surface area contributed by atoms with Crippen molar-refractivity contribution in [1.82, 2.24) is 5.32 Å². The maximum absolute atomic E-state index is 11.2. The average Bonchev–Trinajstić information content (AvgIpc) is 2.31. The van der Waals surface area contributed by atoms with Gasteiger partial charge in [0.15, 0.2) is 0 Å². The summed E-state index contributed by atoms with van der Waals surface area (Å²) in [5, 5.41) is 7.35. The number of amides is 1. The Morgan fingerprint density at radius 1 is 1.37 bits per heavy atom. The Balaban J connectivity index is 2.88. The summed E-state index contributed by atoms with van der Waals surface area (Å²) >= 11 is 11.6. The maximum Gasteiger partial charge on any atom is 0.239 e. The molecule has 0 saturated heterocycles. The van der Waals surface area contributed by atoms with Crippen LogP contribution in [-0.4, -0.2) is 28.0 Å². The average molecular weight is 327 g/mol. The second kappa shape index (κ2) is 6.42. The molecular formula is C10H12Cl2N2O4S. The molecule has 1 aromatic carbocycles. The first-order valence-corrected chi connectivity index (χ1v) is 7.41. The predicted molar refractivity (Wildman–Crippen MR) is 72.0 cm³/mol. The highest BCUT2D eigenvalue weighted by atomic mass is 35.5. The first-order valence-electron chi connectivity index (χ1n) is 5.11. The third kappa shape index (κ3) is 4.54. The van der Waals surface area contributed by atoms with Crippen LogP contribution in [0.25, 0.3) is 0 Å². The summed E-state index contributed by atoms with van der Waals surface area (Å²) in [7, 11) is -2.44. The van der Waals surface area contributed by atoms with Gasteiger partial charge in [-0.3, -0.25) is 4.79 Å². The van der Waals surface area contributed by atoms with E-state index < -0.39 is 10.0 Å². The number of carbonyl (C=O) groups is 1. The van der Waals surface area contributed by atoms with E-state index in [9.17, 15) is 13.2 Å². The van der Waals surface area contributed by atoms with Crippen LogP contribution in [0.2, 0.25) is 10.0 Å². The second-order valence-electron chi connectivity index (χ2n) is 3.53. The molecule has 6 nitrogen and oxygen atoms in total. The number of nitrogens with two attached hydrogens (primary N) is 1. The van der Waals surface area contributed by atoms with Gasteiger partial charge in [0.2, 0.25) is 15.9 Å². The molecule has 0 unspecified atom stereocenters. The highest BCUT2D eigenvalue weighted by Crippen LogP contribution is 2.33. The molecule has 0 spiro atoms. The number of ether oxygens (including phenoxy) is 1. The molecule has 0 radical (unpaired) electrons. The smallest absolute Gasteiger partial charge is 0.239 e. The van der Waals surface area contributed by atoms with Crippen LogP contribution in [0, 0.1) is 0 Å². The lowest BCUT2D eigenvalue weighted by Crippen LogP contribution is -2.20. The van der Waals surface area contributed by atoms with Crippen molar-refractivity contribution in [2.24, 2.45) is 5.14 Å². The van der Waals surface area contributed by atoms with E-state index in [0.717, 1.165) is 6.07 Å². The highest BCUT2D eigenvalue weighted by molar-refractivity contribution is 7.89. The van der Waals surface area contributed by atoms with Crippen molar-refractivity contribution >= 4 is 39.1 Å². The van der Waals surface area contributed by atoms with Gasteiger partial charge in [0, 0.05) is 13.1 Å². The summed E-state index contributed by atoms with van der Waals surface area (Å²) in [5.74, 6) is -0.00801. The minimum Gasteiger partial charge on any atom is -0.491 e. The Labute approximate surface area is 120 Å². The summed E-state index contributed by atoms with van der Waals surface area (Å²) in [6.07, 6.45) is 0.140. The molecule has 0 fully saturated rings. The van der Waals surface area contributed by atoms with E-state index in [1.807, 2.05) is 0 Å². The Hall–Kier alpha value is -1.02. The van der Waals surface area contributed by atoms with Crippen LogP contribution in [0.15, 0.2) is 17.0 Å². The number of primary sulfonamides is 1. The highest BCUT2D eigenvalue weighted by Gasteiger charge is 2.17. The molecule has 3 N–H and O–H groups in total. The van der Waals surface area contributed by atoms with Crippen LogP contribution < -0.4 is 15.2 Å². The van der Waals surface area contributed by atoms with Gasteiger partial charge in [0.25, 0.3) is 0 Å². The minimum absolute atomic E-state index is 0.0466. The van der Waals surface area contributed by atoms with Gasteiger partial charge >= 0.3 is 0 Å². The van der Waals surface area contributed by atoms with E-state index in [0.29, 0.717) is 0 Å². The van der Waals surface area contributed by atoms with Gasteiger partial charge in [0.1, 0.15) is 10.6 Å². The predicted octanol–water partition coefficient (Wildman–Crippen LogP) is 1.16. The van der Waals surface area contributed by atoms with Crippen molar-refractivity contribution in [3.8, 4) is 5.75 Å². The lowest BCUT2D eigenvalue weighted by molar-refractivity contribution is -0.121. The quantitative estimate of drug-likeness (QED) is 0.848. The minimum atomic E-state index is -3.95. The monoisotopic (exact) mass is 326 g/mol. The molecule has 1 amide bonds. The largest absolute Gasteiger partial charge is 0.491 e. The van der Waals surface area contributed by atoms with Crippen molar-refractivity contribution in [3.63, 3.8) is 0 Å². The Morgan fingerprint density at radius 3 is 2.53 bits per heavy atom. The van der Waals surface area contributed by atoms with Gasteiger partial charge < -0.3 is 10.1 Å². The second-order valence-corrected chi connectivity index (χ2v) is 5.87. The Bertz CT molecular complexity index is 589. The van der Waals surface area contributed by atoms with Crippen LogP contribution in [0.5, 0.6) is 5.75 Å². The van der Waals surface area contributed by atoms with E-state index in [-0.39, 0.29) is 39.6 Å². The topological polar surface area (TPSA) is 98.5 Å². The molecule has 19 heavy (non-hydrogen) atoms. The summed E-state index contributed by atoms with van der Waals surface area (Å²) in [5.41, 5.74) is 0. The third-order valence-corrected chi connectivity index (χ3v) is 3.83. The number of halogens is 2. The molecule has 0 aliphatic rings. The van der Waals surface area contributed by atoms with Crippen LogP contribution in [-0.2, 0) is 14.8 Å². The normalized spacial score (nSPS) is 11.2. The number of nitrogens with one attached hydrogen (secondary N) is 1. The van der Waals surface area contributed by atoms with Crippen molar-refractivity contribution in [3.05, 3.63) is 22.2 Å². The molecule has 0 aromatic heterocycles. The van der Waals surface area contributed by atoms with E-state index in [2.05, 4.69) is 5.32 Å². The number of sulfonamides is 1. The third-order valence-electron chi connectivity index (χ3n) is 2.16. The zero-order chi connectivity index (χ0) is 14.6. The summed E-state index contributed by atoms with van der Waals surface area (Å²) in [6.45, 7) is 0.0877. The molecule has 0 saturated carbocycles. The number of rotatable bonds is 5. The van der Waals surface area contributed by atoms with Crippen LogP contribution in [0.4, 0.5) is 0 Å². The molecule has 0 bridgehead atoms. The number of hydrogen-bond acceptors (Lipinski definition) is 4. The molecule has 0 atom stereocenters. The fraction of sp³-hybridized carbons (Fsp3) is 0.300. The zero-order valence-corrected chi connectivity index (χ0v) is 12.3. The lowest BCUT2D eigenvalue weighted by Gasteiger charge is -2.10. The van der Waals surface area contributed by atoms with Gasteiger partial charge in [-0.05, 0) is 6.07 Å². The van der Waals surface area contributed by atoms with Gasteiger partial charge in [-0.2, -0.15) is 0 Å². The molecule has 0 aliphatic heterocycles. The zero-order valence-electron chi connectivity index (χ0n) is 9.94. The molecule has 106 valence electrons. The maximum atomic E-state index is 11.2. The molecule has 0 aliphatic carbocycles. The van der Waals surface area contributed by atoms with E-state index in [1.54, 1.807) is 0 Å². The molecule has 1 rings (SSSR count). The Kier molecular flexibility index (Phi) is 5.42. The van der Waals surface area contributed by atoms with Crippen molar-refractivity contribution < 1.29 is 17.9 Å². The molecule has 9 heteroatoms. The van der Waals surface area contributed by atoms with Gasteiger partial charge in [-0.1, -0.05) is 23.2 Å². The summed E-state index contributed by atoms with van der Waals surface area (Å²) in [4.78, 5) is 10.7. The molecular weight excluding hydrogens is 315 g/mol. The summed E-state index contributed by atoms with van der Waals surface area (Å²) in [6, 6.07) is 2.35. The van der Waals surface area contributed by atoms with Crippen molar-refractivity contribution in [2.75, 3.05) is 13.7 Å². The first kappa shape index (κ1) is 16.0. The van der Waals surface area contributed by atoms with E-state index in [4.69, 9.17) is 33.1 Å². The standard InChI is InChI=1S/C10H12Cl2N2O4S/c1-14-10(15)2-3-18-8-4-7(12)9(5-6(8)11)19(13,16)17/h4-5H,2-3H2,1H3,(H,14,15)(H2,13,16,17). The lowest BCUT2D eigenvalue weighted by atomic mass is 10.3. The van der Waals surface area contributed by atoms with Gasteiger partial charge in [-0.15, -0.1) is 0 Å². The van der Waals surface area contributed by atoms with E-state index in [1.165, 1.54) is 13.1 Å². The van der Waals surface area contributed by atoms with Gasteiger partial charge in [0.05, 0.1) is 23.1 Å². The first-order chi connectivity index (χ1) is 8.75. The SMILES string of the molecule is CNC(=O)CCOc1cc(Cl)c(S(N)(=O)=O)cc1Cl. The fourth-order valence-electron chi connectivity index (χ4n) is 1.22. The summed E-state index contributed by atoms with van der Waals surface area (Å²) < 4.78 is 27.6. The van der Waals surface area contributed by atoms with E-state index >= 15 is 0 Å². The van der Waals surface area contributed by atoms with Gasteiger partial charge in [-0.25, -0.2) is 13.6 Å². The number of hydrogen-bond donors (Lipinski definition) is 2.